The van der Waals surface area contributed by atoms with E-state index in [1.54, 1.807) is 0 Å². The highest BCUT2D eigenvalue weighted by atomic mass is 79.9. The molecule has 0 bridgehead atoms. The van der Waals surface area contributed by atoms with Gasteiger partial charge in [-0.1, -0.05) is 42.8 Å². The first kappa shape index (κ1) is 14.9. The van der Waals surface area contributed by atoms with Crippen molar-refractivity contribution in [3.05, 3.63) is 28.2 Å². The molecule has 0 aromatic heterocycles. The van der Waals surface area contributed by atoms with E-state index < -0.39 is 0 Å². The molecule has 0 amide bonds. The number of nitrogens with zero attached hydrogens (tertiary/aromatic N) is 1. The lowest BCUT2D eigenvalue weighted by Crippen LogP contribution is -2.29. The molecule has 106 valence electrons. The Morgan fingerprint density at radius 2 is 2.00 bits per heavy atom. The third-order valence-electron chi connectivity index (χ3n) is 3.35. The molecule has 3 heteroatoms. The Labute approximate surface area is 125 Å². The number of hydrogen-bond acceptors (Lipinski definition) is 2. The predicted molar refractivity (Wildman–Crippen MR) is 86.7 cm³/mol. The van der Waals surface area contributed by atoms with E-state index in [2.05, 4.69) is 72.2 Å². The zero-order chi connectivity index (χ0) is 14.0. The minimum absolute atomic E-state index is 0.313. The Bertz CT molecular complexity index is 433. The van der Waals surface area contributed by atoms with Crippen molar-refractivity contribution in [3.63, 3.8) is 0 Å². The summed E-state index contributed by atoms with van der Waals surface area (Å²) >= 11 is 3.70. The molecule has 0 unspecified atom stereocenters. The van der Waals surface area contributed by atoms with E-state index in [4.69, 9.17) is 0 Å². The van der Waals surface area contributed by atoms with Gasteiger partial charge >= 0.3 is 0 Å². The molecule has 0 heterocycles. The molecule has 1 aromatic carbocycles. The topological polar surface area (TPSA) is 15.3 Å². The molecule has 1 N–H and O–H groups in total. The summed E-state index contributed by atoms with van der Waals surface area (Å²) in [5, 5.41) is 3.56. The molecule has 0 atom stereocenters. The number of rotatable bonds is 5. The Hall–Kier alpha value is -0.540. The van der Waals surface area contributed by atoms with Crippen molar-refractivity contribution in [2.45, 2.75) is 46.2 Å². The van der Waals surface area contributed by atoms with Crippen LogP contribution in [0.3, 0.4) is 0 Å². The van der Waals surface area contributed by atoms with Crippen molar-refractivity contribution in [3.8, 4) is 0 Å². The summed E-state index contributed by atoms with van der Waals surface area (Å²) in [4.78, 5) is 2.32. The van der Waals surface area contributed by atoms with Gasteiger partial charge in [0.05, 0.1) is 0 Å². The van der Waals surface area contributed by atoms with Crippen molar-refractivity contribution < 1.29 is 0 Å². The van der Waals surface area contributed by atoms with Crippen LogP contribution in [-0.2, 0) is 6.54 Å². The number of halogens is 1. The standard InChI is InChI=1S/C16H25BrN2/c1-16(2,3)11-19(4)14-8-5-12(15(17)9-14)10-18-13-6-7-13/h5,8-9,13,18H,6-7,10-11H2,1-4H3. The minimum atomic E-state index is 0.313. The summed E-state index contributed by atoms with van der Waals surface area (Å²) < 4.78 is 1.21. The van der Waals surface area contributed by atoms with E-state index in [1.165, 1.54) is 28.6 Å². The van der Waals surface area contributed by atoms with Gasteiger partial charge in [0.2, 0.25) is 0 Å². The average Bonchev–Trinajstić information content (AvgIpc) is 3.08. The second-order valence-electron chi connectivity index (χ2n) is 6.85. The van der Waals surface area contributed by atoms with Gasteiger partial charge in [0.15, 0.2) is 0 Å². The van der Waals surface area contributed by atoms with Crippen LogP contribution in [0.4, 0.5) is 5.69 Å². The van der Waals surface area contributed by atoms with Crippen LogP contribution in [0.2, 0.25) is 0 Å². The van der Waals surface area contributed by atoms with E-state index in [0.29, 0.717) is 5.41 Å². The van der Waals surface area contributed by atoms with Crippen LogP contribution in [0.5, 0.6) is 0 Å². The van der Waals surface area contributed by atoms with E-state index in [9.17, 15) is 0 Å². The summed E-state index contributed by atoms with van der Waals surface area (Å²) in [6, 6.07) is 7.44. The first-order chi connectivity index (χ1) is 8.85. The highest BCUT2D eigenvalue weighted by Gasteiger charge is 2.20. The van der Waals surface area contributed by atoms with Crippen molar-refractivity contribution in [2.24, 2.45) is 5.41 Å². The molecular formula is C16H25BrN2. The molecule has 0 spiro atoms. The van der Waals surface area contributed by atoms with E-state index in [1.807, 2.05) is 0 Å². The fourth-order valence-corrected chi connectivity index (χ4v) is 2.77. The summed E-state index contributed by atoms with van der Waals surface area (Å²) in [5.41, 5.74) is 2.93. The molecule has 2 nitrogen and oxygen atoms in total. The zero-order valence-corrected chi connectivity index (χ0v) is 14.0. The van der Waals surface area contributed by atoms with Gasteiger partial charge < -0.3 is 10.2 Å². The van der Waals surface area contributed by atoms with Gasteiger partial charge in [-0.05, 0) is 36.0 Å². The molecular weight excluding hydrogens is 300 g/mol. The lowest BCUT2D eigenvalue weighted by molar-refractivity contribution is 0.419. The maximum absolute atomic E-state index is 3.70. The van der Waals surface area contributed by atoms with Crippen LogP contribution < -0.4 is 10.2 Å². The number of anilines is 1. The number of nitrogens with one attached hydrogen (secondary N) is 1. The summed E-state index contributed by atoms with van der Waals surface area (Å²) in [7, 11) is 2.16. The van der Waals surface area contributed by atoms with Crippen LogP contribution in [-0.4, -0.2) is 19.6 Å². The van der Waals surface area contributed by atoms with Gasteiger partial charge in [0.1, 0.15) is 0 Å². The second-order valence-corrected chi connectivity index (χ2v) is 7.70. The molecule has 2 rings (SSSR count). The molecule has 0 saturated heterocycles. The smallest absolute Gasteiger partial charge is 0.0375 e. The fourth-order valence-electron chi connectivity index (χ4n) is 2.26. The third kappa shape index (κ3) is 4.81. The first-order valence-electron chi connectivity index (χ1n) is 7.08. The summed E-state index contributed by atoms with van der Waals surface area (Å²) in [6.45, 7) is 8.83. The van der Waals surface area contributed by atoms with Crippen molar-refractivity contribution in [1.82, 2.24) is 5.32 Å². The molecule has 1 aliphatic rings. The van der Waals surface area contributed by atoms with Crippen molar-refractivity contribution in [1.29, 1.82) is 0 Å². The Morgan fingerprint density at radius 3 is 2.53 bits per heavy atom. The van der Waals surface area contributed by atoms with Gasteiger partial charge in [-0.3, -0.25) is 0 Å². The maximum Gasteiger partial charge on any atom is 0.0375 e. The van der Waals surface area contributed by atoms with E-state index in [-0.39, 0.29) is 0 Å². The SMILES string of the molecule is CN(CC(C)(C)C)c1ccc(CNC2CC2)c(Br)c1. The van der Waals surface area contributed by atoms with Gasteiger partial charge in [0.25, 0.3) is 0 Å². The third-order valence-corrected chi connectivity index (χ3v) is 4.09. The Morgan fingerprint density at radius 1 is 1.32 bits per heavy atom. The zero-order valence-electron chi connectivity index (χ0n) is 12.5. The van der Waals surface area contributed by atoms with Gasteiger partial charge in [0, 0.05) is 36.3 Å². The van der Waals surface area contributed by atoms with E-state index in [0.717, 1.165) is 19.1 Å². The van der Waals surface area contributed by atoms with Crippen LogP contribution in [0.25, 0.3) is 0 Å². The van der Waals surface area contributed by atoms with Gasteiger partial charge in [-0.2, -0.15) is 0 Å². The largest absolute Gasteiger partial charge is 0.374 e. The fraction of sp³-hybridized carbons (Fsp3) is 0.625. The highest BCUT2D eigenvalue weighted by Crippen LogP contribution is 2.27. The number of hydrogen-bond donors (Lipinski definition) is 1. The molecule has 1 aliphatic carbocycles. The normalized spacial score (nSPS) is 15.6. The van der Waals surface area contributed by atoms with Gasteiger partial charge in [-0.25, -0.2) is 0 Å². The van der Waals surface area contributed by atoms with Crippen LogP contribution in [0.1, 0.15) is 39.2 Å². The minimum Gasteiger partial charge on any atom is -0.374 e. The Kier molecular flexibility index (Phi) is 4.57. The highest BCUT2D eigenvalue weighted by molar-refractivity contribution is 9.10. The number of benzene rings is 1. The maximum atomic E-state index is 3.70. The second kappa shape index (κ2) is 5.84. The van der Waals surface area contributed by atoms with Crippen LogP contribution in [0.15, 0.2) is 22.7 Å². The van der Waals surface area contributed by atoms with Crippen LogP contribution >= 0.6 is 15.9 Å². The summed E-state index contributed by atoms with van der Waals surface area (Å²) in [6.07, 6.45) is 2.67. The lowest BCUT2D eigenvalue weighted by atomic mass is 9.96. The lowest BCUT2D eigenvalue weighted by Gasteiger charge is -2.28. The molecule has 1 aromatic rings. The summed E-state index contributed by atoms with van der Waals surface area (Å²) in [5.74, 6) is 0. The van der Waals surface area contributed by atoms with Crippen molar-refractivity contribution in [2.75, 3.05) is 18.5 Å². The quantitative estimate of drug-likeness (QED) is 0.873. The van der Waals surface area contributed by atoms with E-state index >= 15 is 0 Å². The molecule has 19 heavy (non-hydrogen) atoms. The molecule has 1 fully saturated rings. The first-order valence-corrected chi connectivity index (χ1v) is 7.87. The molecule has 0 aliphatic heterocycles. The van der Waals surface area contributed by atoms with Crippen molar-refractivity contribution >= 4 is 21.6 Å². The molecule has 1 saturated carbocycles. The molecule has 0 radical (unpaired) electrons. The van der Waals surface area contributed by atoms with Crippen LogP contribution in [0, 0.1) is 5.41 Å². The monoisotopic (exact) mass is 324 g/mol. The van der Waals surface area contributed by atoms with Gasteiger partial charge in [-0.15, -0.1) is 0 Å². The Balaban J connectivity index is 2.00. The average molecular weight is 325 g/mol. The predicted octanol–water partition coefficient (Wildman–Crippen LogP) is 4.18.